The highest BCUT2D eigenvalue weighted by Gasteiger charge is 2.28. The Balaban J connectivity index is 1.88. The first kappa shape index (κ1) is 14.3. The van der Waals surface area contributed by atoms with Crippen LogP contribution in [0.15, 0.2) is 6.33 Å². The zero-order chi connectivity index (χ0) is 15.7. The number of nitrogens with zero attached hydrogens (tertiary/aromatic N) is 4. The number of aromatic nitrogens is 4. The summed E-state index contributed by atoms with van der Waals surface area (Å²) in [5.74, 6) is 2.81. The number of hydrogen-bond acceptors (Lipinski definition) is 6. The Hall–Kier alpha value is -2.62. The van der Waals surface area contributed by atoms with Crippen molar-refractivity contribution in [3.63, 3.8) is 0 Å². The lowest BCUT2D eigenvalue weighted by Crippen LogP contribution is -2.24. The van der Waals surface area contributed by atoms with E-state index in [0.717, 1.165) is 25.7 Å². The van der Waals surface area contributed by atoms with Crippen LogP contribution in [0.5, 0.6) is 0 Å². The number of anilines is 1. The highest BCUT2D eigenvalue weighted by atomic mass is 16.5. The lowest BCUT2D eigenvalue weighted by molar-refractivity contribution is -0.146. The second-order valence-corrected chi connectivity index (χ2v) is 5.43. The smallest absolute Gasteiger partial charge is 0.308 e. The van der Waals surface area contributed by atoms with Crippen molar-refractivity contribution in [1.29, 1.82) is 0 Å². The molecule has 0 radical (unpaired) electrons. The average molecular weight is 299 g/mol. The summed E-state index contributed by atoms with van der Waals surface area (Å²) in [5, 5.41) is 0. The Kier molecular flexibility index (Phi) is 3.67. The summed E-state index contributed by atoms with van der Waals surface area (Å²) < 4.78 is 6.80. The molecule has 1 fully saturated rings. The molecule has 3 rings (SSSR count). The first-order valence-corrected chi connectivity index (χ1v) is 7.18. The number of nitrogen functional groups attached to an aromatic ring is 1. The van der Waals surface area contributed by atoms with Crippen LogP contribution in [0.3, 0.4) is 0 Å². The van der Waals surface area contributed by atoms with Gasteiger partial charge in [-0.05, 0) is 31.6 Å². The normalized spacial score (nSPS) is 21.5. The van der Waals surface area contributed by atoms with Gasteiger partial charge in [0.1, 0.15) is 5.52 Å². The van der Waals surface area contributed by atoms with Gasteiger partial charge in [0.2, 0.25) is 5.82 Å². The van der Waals surface area contributed by atoms with Crippen molar-refractivity contribution in [2.45, 2.75) is 31.7 Å². The van der Waals surface area contributed by atoms with Gasteiger partial charge >= 0.3 is 5.97 Å². The lowest BCUT2D eigenvalue weighted by atomic mass is 9.86. The fraction of sp³-hybridized carbons (Fsp3) is 0.467. The largest absolute Gasteiger partial charge is 0.469 e. The Morgan fingerprint density at radius 3 is 2.77 bits per heavy atom. The maximum Gasteiger partial charge on any atom is 0.308 e. The van der Waals surface area contributed by atoms with Gasteiger partial charge in [-0.3, -0.25) is 4.79 Å². The van der Waals surface area contributed by atoms with E-state index in [9.17, 15) is 4.79 Å². The van der Waals surface area contributed by atoms with Gasteiger partial charge in [-0.1, -0.05) is 0 Å². The second-order valence-electron chi connectivity index (χ2n) is 5.43. The minimum Gasteiger partial charge on any atom is -0.469 e. The summed E-state index contributed by atoms with van der Waals surface area (Å²) in [6, 6.07) is 0.228. The second kappa shape index (κ2) is 5.64. The number of nitrogens with two attached hydrogens (primary N) is 1. The number of methoxy groups -OCH3 is 1. The fourth-order valence-electron chi connectivity index (χ4n) is 3.03. The predicted molar refractivity (Wildman–Crippen MR) is 80.7 cm³/mol. The summed E-state index contributed by atoms with van der Waals surface area (Å²) in [4.78, 5) is 24.3. The van der Waals surface area contributed by atoms with E-state index in [1.165, 1.54) is 7.11 Å². The number of fused-ring (bicyclic) bond motifs is 1. The fourth-order valence-corrected chi connectivity index (χ4v) is 3.03. The number of ether oxygens (including phenoxy) is 1. The van der Waals surface area contributed by atoms with Gasteiger partial charge in [-0.25, -0.2) is 15.0 Å². The van der Waals surface area contributed by atoms with Crippen LogP contribution in [-0.4, -0.2) is 32.6 Å². The van der Waals surface area contributed by atoms with Crippen molar-refractivity contribution in [3.05, 3.63) is 12.2 Å². The molecule has 1 saturated carbocycles. The lowest BCUT2D eigenvalue weighted by Gasteiger charge is -2.27. The Labute approximate surface area is 127 Å². The molecule has 2 N–H and O–H groups in total. The SMILES string of the molecule is C#Cc1nc(N)c2ncn(C3CCC(C(=O)OC)CC3)c2n1. The molecule has 0 aliphatic heterocycles. The number of terminal acetylenes is 1. The maximum atomic E-state index is 11.6. The van der Waals surface area contributed by atoms with Gasteiger partial charge in [0.25, 0.3) is 0 Å². The van der Waals surface area contributed by atoms with Crippen molar-refractivity contribution in [3.8, 4) is 12.3 Å². The summed E-state index contributed by atoms with van der Waals surface area (Å²) in [6.45, 7) is 0. The van der Waals surface area contributed by atoms with Crippen LogP contribution >= 0.6 is 0 Å². The zero-order valence-corrected chi connectivity index (χ0v) is 12.3. The van der Waals surface area contributed by atoms with E-state index in [4.69, 9.17) is 16.9 Å². The molecule has 22 heavy (non-hydrogen) atoms. The van der Waals surface area contributed by atoms with Gasteiger partial charge in [-0.15, -0.1) is 6.42 Å². The maximum absolute atomic E-state index is 11.6. The Morgan fingerprint density at radius 1 is 1.41 bits per heavy atom. The van der Waals surface area contributed by atoms with Gasteiger partial charge in [0.05, 0.1) is 19.4 Å². The van der Waals surface area contributed by atoms with Gasteiger partial charge in [-0.2, -0.15) is 0 Å². The van der Waals surface area contributed by atoms with Crippen molar-refractivity contribution in [2.24, 2.45) is 5.92 Å². The van der Waals surface area contributed by atoms with Crippen LogP contribution in [0.25, 0.3) is 11.2 Å². The van der Waals surface area contributed by atoms with Gasteiger partial charge in [0.15, 0.2) is 11.5 Å². The summed E-state index contributed by atoms with van der Waals surface area (Å²) in [6.07, 6.45) is 10.4. The van der Waals surface area contributed by atoms with E-state index in [0.29, 0.717) is 17.0 Å². The number of rotatable bonds is 2. The topological polar surface area (TPSA) is 95.9 Å². The molecule has 2 aromatic rings. The first-order valence-electron chi connectivity index (χ1n) is 7.18. The third-order valence-corrected chi connectivity index (χ3v) is 4.20. The molecule has 7 nitrogen and oxygen atoms in total. The van der Waals surface area contributed by atoms with Crippen LogP contribution in [0.4, 0.5) is 5.82 Å². The van der Waals surface area contributed by atoms with E-state index < -0.39 is 0 Å². The third kappa shape index (κ3) is 2.37. The summed E-state index contributed by atoms with van der Waals surface area (Å²) in [5.41, 5.74) is 7.09. The Morgan fingerprint density at radius 2 is 2.14 bits per heavy atom. The van der Waals surface area contributed by atoms with Crippen molar-refractivity contribution < 1.29 is 9.53 Å². The number of carbonyl (C=O) groups excluding carboxylic acids is 1. The minimum atomic E-state index is -0.130. The summed E-state index contributed by atoms with van der Waals surface area (Å²) in [7, 11) is 1.43. The van der Waals surface area contributed by atoms with E-state index >= 15 is 0 Å². The first-order chi connectivity index (χ1) is 10.6. The molecule has 7 heteroatoms. The molecule has 0 aromatic carbocycles. The molecule has 2 heterocycles. The zero-order valence-electron chi connectivity index (χ0n) is 12.3. The molecule has 0 unspecified atom stereocenters. The highest BCUT2D eigenvalue weighted by Crippen LogP contribution is 2.34. The Bertz CT molecular complexity index is 753. The van der Waals surface area contributed by atoms with Crippen molar-refractivity contribution in [1.82, 2.24) is 19.5 Å². The van der Waals surface area contributed by atoms with Crippen LogP contribution < -0.4 is 5.73 Å². The standard InChI is InChI=1S/C15H17N5O2/c1-3-11-18-13(16)12-14(19-11)20(8-17-12)10-6-4-9(5-7-10)15(21)22-2/h1,8-10H,4-7H2,2H3,(H2,16,18,19). The number of esters is 1. The van der Waals surface area contributed by atoms with Crippen LogP contribution in [0.2, 0.25) is 0 Å². The van der Waals surface area contributed by atoms with Crippen molar-refractivity contribution >= 4 is 23.0 Å². The summed E-state index contributed by atoms with van der Waals surface area (Å²) >= 11 is 0. The van der Waals surface area contributed by atoms with E-state index in [-0.39, 0.29) is 23.8 Å². The van der Waals surface area contributed by atoms with Crippen molar-refractivity contribution in [2.75, 3.05) is 12.8 Å². The number of hydrogen-bond donors (Lipinski definition) is 1. The van der Waals surface area contributed by atoms with E-state index in [2.05, 4.69) is 20.9 Å². The quantitative estimate of drug-likeness (QED) is 0.663. The molecular formula is C15H17N5O2. The molecule has 1 aliphatic rings. The molecule has 0 atom stereocenters. The minimum absolute atomic E-state index is 0.0167. The van der Waals surface area contributed by atoms with Gasteiger partial charge in [0, 0.05) is 6.04 Å². The molecule has 2 aromatic heterocycles. The van der Waals surface area contributed by atoms with Crippen LogP contribution in [0, 0.1) is 18.3 Å². The molecule has 0 spiro atoms. The average Bonchev–Trinajstić information content (AvgIpc) is 2.98. The molecule has 0 amide bonds. The highest BCUT2D eigenvalue weighted by molar-refractivity contribution is 5.82. The van der Waals surface area contributed by atoms with Crippen LogP contribution in [0.1, 0.15) is 37.5 Å². The molecule has 0 saturated heterocycles. The van der Waals surface area contributed by atoms with E-state index in [1.807, 2.05) is 4.57 Å². The molecule has 1 aliphatic carbocycles. The predicted octanol–water partition coefficient (Wildman–Crippen LogP) is 1.29. The molecular weight excluding hydrogens is 282 g/mol. The molecule has 0 bridgehead atoms. The van der Waals surface area contributed by atoms with Crippen LogP contribution in [-0.2, 0) is 9.53 Å². The molecule has 114 valence electrons. The number of imidazole rings is 1. The number of carbonyl (C=O) groups is 1. The monoisotopic (exact) mass is 299 g/mol. The third-order valence-electron chi connectivity index (χ3n) is 4.20. The van der Waals surface area contributed by atoms with E-state index in [1.54, 1.807) is 6.33 Å². The van der Waals surface area contributed by atoms with Gasteiger partial charge < -0.3 is 15.0 Å².